The van der Waals surface area contributed by atoms with Gasteiger partial charge < -0.3 is 14.9 Å². The smallest absolute Gasteiger partial charge is 0.139 e. The molecule has 5 nitrogen and oxygen atoms in total. The maximum atomic E-state index is 10.2. The van der Waals surface area contributed by atoms with Crippen LogP contribution in [0.4, 0.5) is 5.69 Å². The van der Waals surface area contributed by atoms with E-state index < -0.39 is 0 Å². The van der Waals surface area contributed by atoms with Crippen molar-refractivity contribution < 1.29 is 5.11 Å². The molecule has 0 saturated heterocycles. The maximum Gasteiger partial charge on any atom is 0.139 e. The number of phenols is 1. The molecule has 2 aromatic heterocycles. The van der Waals surface area contributed by atoms with Crippen LogP contribution in [0.5, 0.6) is 5.75 Å². The predicted octanol–water partition coefficient (Wildman–Crippen LogP) is 5.64. The molecular weight excluding hydrogens is 396 g/mol. The summed E-state index contributed by atoms with van der Waals surface area (Å²) in [6.45, 7) is 1.47. The second-order valence-corrected chi connectivity index (χ2v) is 8.04. The van der Waals surface area contributed by atoms with Gasteiger partial charge in [0.2, 0.25) is 0 Å². The lowest BCUT2D eigenvalue weighted by Gasteiger charge is -2.22. The molecule has 5 aromatic rings. The Balaban J connectivity index is 1.36. The van der Waals surface area contributed by atoms with Gasteiger partial charge in [-0.15, -0.1) is 0 Å². The first-order chi connectivity index (χ1) is 15.8. The number of phenolic OH excluding ortho intramolecular Hbond substituents is 1. The number of anilines is 1. The number of aromatic hydroxyl groups is 1. The molecule has 1 aliphatic heterocycles. The molecule has 0 atom stereocenters. The fourth-order valence-electron chi connectivity index (χ4n) is 4.51. The van der Waals surface area contributed by atoms with E-state index in [2.05, 4.69) is 68.0 Å². The largest absolute Gasteiger partial charge is 0.506 e. The minimum atomic E-state index is 0.292. The molecule has 6 rings (SSSR count). The van der Waals surface area contributed by atoms with E-state index in [-0.39, 0.29) is 0 Å². The summed E-state index contributed by atoms with van der Waals surface area (Å²) < 4.78 is 2.24. The third kappa shape index (κ3) is 3.06. The second-order valence-electron chi connectivity index (χ2n) is 8.04. The van der Waals surface area contributed by atoms with Crippen LogP contribution < -0.4 is 4.90 Å². The Morgan fingerprint density at radius 2 is 1.59 bits per heavy atom. The summed E-state index contributed by atoms with van der Waals surface area (Å²) in [5.74, 6) is 1.21. The molecule has 3 heterocycles. The number of rotatable bonds is 4. The van der Waals surface area contributed by atoms with Gasteiger partial charge >= 0.3 is 0 Å². The van der Waals surface area contributed by atoms with Gasteiger partial charge in [-0.25, -0.2) is 4.98 Å². The van der Waals surface area contributed by atoms with E-state index in [9.17, 15) is 5.11 Å². The van der Waals surface area contributed by atoms with Crippen LogP contribution in [0, 0.1) is 0 Å². The molecule has 32 heavy (non-hydrogen) atoms. The van der Waals surface area contributed by atoms with Crippen LogP contribution >= 0.6 is 0 Å². The van der Waals surface area contributed by atoms with Crippen molar-refractivity contribution >= 4 is 27.5 Å². The molecule has 0 aliphatic carbocycles. The monoisotopic (exact) mass is 418 g/mol. The SMILES string of the molecule is Oc1ccccc1N1C=CN(Cc2ccc3c4ccccc4n(-c4ccccn4)c3c2)C1. The van der Waals surface area contributed by atoms with Crippen LogP contribution in [0.2, 0.25) is 0 Å². The topological polar surface area (TPSA) is 44.5 Å². The Morgan fingerprint density at radius 1 is 0.781 bits per heavy atom. The number of benzene rings is 3. The number of nitrogens with zero attached hydrogens (tertiary/aromatic N) is 4. The van der Waals surface area contributed by atoms with Crippen LogP contribution in [-0.4, -0.2) is 26.2 Å². The summed E-state index contributed by atoms with van der Waals surface area (Å²) in [5, 5.41) is 12.6. The summed E-state index contributed by atoms with van der Waals surface area (Å²) in [7, 11) is 0. The van der Waals surface area contributed by atoms with Crippen molar-refractivity contribution in [2.75, 3.05) is 11.6 Å². The van der Waals surface area contributed by atoms with E-state index in [0.717, 1.165) is 29.1 Å². The van der Waals surface area contributed by atoms with Crippen molar-refractivity contribution in [1.29, 1.82) is 0 Å². The molecule has 1 N–H and O–H groups in total. The lowest BCUT2D eigenvalue weighted by Crippen LogP contribution is -2.24. The minimum Gasteiger partial charge on any atom is -0.506 e. The third-order valence-corrected chi connectivity index (χ3v) is 5.98. The lowest BCUT2D eigenvalue weighted by molar-refractivity contribution is 0.398. The van der Waals surface area contributed by atoms with Crippen molar-refractivity contribution in [2.45, 2.75) is 6.54 Å². The molecule has 0 radical (unpaired) electrons. The van der Waals surface area contributed by atoms with Gasteiger partial charge in [0.25, 0.3) is 0 Å². The van der Waals surface area contributed by atoms with Crippen LogP contribution in [0.25, 0.3) is 27.6 Å². The van der Waals surface area contributed by atoms with Gasteiger partial charge in [-0.05, 0) is 42.0 Å². The van der Waals surface area contributed by atoms with Gasteiger partial charge in [-0.1, -0.05) is 48.5 Å². The van der Waals surface area contributed by atoms with Crippen molar-refractivity contribution in [3.05, 3.63) is 109 Å². The second kappa shape index (κ2) is 7.46. The Kier molecular flexibility index (Phi) is 4.32. The van der Waals surface area contributed by atoms with E-state index >= 15 is 0 Å². The number of para-hydroxylation sites is 3. The van der Waals surface area contributed by atoms with E-state index in [1.165, 1.54) is 16.3 Å². The number of hydrogen-bond donors (Lipinski definition) is 1. The average molecular weight is 419 g/mol. The lowest BCUT2D eigenvalue weighted by atomic mass is 10.1. The van der Waals surface area contributed by atoms with Crippen molar-refractivity contribution in [3.63, 3.8) is 0 Å². The molecule has 0 spiro atoms. The highest BCUT2D eigenvalue weighted by molar-refractivity contribution is 6.09. The summed E-state index contributed by atoms with van der Waals surface area (Å²) in [6, 6.07) is 28.6. The van der Waals surface area contributed by atoms with Crippen LogP contribution in [0.1, 0.15) is 5.56 Å². The highest BCUT2D eigenvalue weighted by Crippen LogP contribution is 2.33. The highest BCUT2D eigenvalue weighted by atomic mass is 16.3. The fraction of sp³-hybridized carbons (Fsp3) is 0.0741. The normalized spacial score (nSPS) is 13.5. The fourth-order valence-corrected chi connectivity index (χ4v) is 4.51. The van der Waals surface area contributed by atoms with Gasteiger partial charge in [0.15, 0.2) is 0 Å². The summed E-state index contributed by atoms with van der Waals surface area (Å²) in [4.78, 5) is 8.91. The first kappa shape index (κ1) is 18.5. The number of pyridine rings is 1. The molecule has 5 heteroatoms. The van der Waals surface area contributed by atoms with Crippen molar-refractivity contribution in [1.82, 2.24) is 14.5 Å². The zero-order valence-corrected chi connectivity index (χ0v) is 17.5. The van der Waals surface area contributed by atoms with E-state index in [1.54, 1.807) is 6.07 Å². The molecular formula is C27H22N4O. The quantitative estimate of drug-likeness (QED) is 0.411. The summed E-state index contributed by atoms with van der Waals surface area (Å²) in [6.07, 6.45) is 5.92. The number of hydrogen-bond acceptors (Lipinski definition) is 4. The molecule has 1 aliphatic rings. The molecule has 3 aromatic carbocycles. The number of fused-ring (bicyclic) bond motifs is 3. The summed E-state index contributed by atoms with van der Waals surface area (Å²) in [5.41, 5.74) is 4.35. The first-order valence-corrected chi connectivity index (χ1v) is 10.7. The van der Waals surface area contributed by atoms with E-state index in [4.69, 9.17) is 0 Å². The Hall–Kier alpha value is -4.25. The maximum absolute atomic E-state index is 10.2. The zero-order valence-electron chi connectivity index (χ0n) is 17.5. The van der Waals surface area contributed by atoms with Gasteiger partial charge in [-0.3, -0.25) is 4.57 Å². The van der Waals surface area contributed by atoms with Crippen LogP contribution in [0.15, 0.2) is 104 Å². The molecule has 0 amide bonds. The Labute approximate surface area is 186 Å². The first-order valence-electron chi connectivity index (χ1n) is 10.7. The van der Waals surface area contributed by atoms with E-state index in [0.29, 0.717) is 12.4 Å². The molecule has 0 bridgehead atoms. The van der Waals surface area contributed by atoms with Crippen LogP contribution in [0.3, 0.4) is 0 Å². The van der Waals surface area contributed by atoms with E-state index in [1.807, 2.05) is 48.8 Å². The molecule has 156 valence electrons. The highest BCUT2D eigenvalue weighted by Gasteiger charge is 2.18. The summed E-state index contributed by atoms with van der Waals surface area (Å²) >= 11 is 0. The van der Waals surface area contributed by atoms with Crippen molar-refractivity contribution in [2.24, 2.45) is 0 Å². The molecule has 0 saturated carbocycles. The third-order valence-electron chi connectivity index (χ3n) is 5.98. The van der Waals surface area contributed by atoms with Gasteiger partial charge in [-0.2, -0.15) is 0 Å². The number of aromatic nitrogens is 2. The van der Waals surface area contributed by atoms with Crippen molar-refractivity contribution in [3.8, 4) is 11.6 Å². The predicted molar refractivity (Wildman–Crippen MR) is 129 cm³/mol. The van der Waals surface area contributed by atoms with Gasteiger partial charge in [0, 0.05) is 35.9 Å². The van der Waals surface area contributed by atoms with Crippen LogP contribution in [-0.2, 0) is 6.54 Å². The molecule has 0 fully saturated rings. The standard InChI is InChI=1S/C27H22N4O/c32-26-10-4-3-9-24(26)30-16-15-29(19-30)18-20-12-13-22-21-7-1-2-8-23(21)31(25(22)17-20)27-11-5-6-14-28-27/h1-17,32H,18-19H2. The Morgan fingerprint density at radius 3 is 2.47 bits per heavy atom. The average Bonchev–Trinajstić information content (AvgIpc) is 3.42. The minimum absolute atomic E-state index is 0.292. The van der Waals surface area contributed by atoms with Gasteiger partial charge in [0.05, 0.1) is 23.4 Å². The molecule has 0 unspecified atom stereocenters. The van der Waals surface area contributed by atoms with Gasteiger partial charge in [0.1, 0.15) is 11.6 Å². The Bertz CT molecular complexity index is 1460. The zero-order chi connectivity index (χ0) is 21.5.